The minimum absolute atomic E-state index is 0.759. The van der Waals surface area contributed by atoms with Gasteiger partial charge >= 0.3 is 0 Å². The number of rotatable bonds is 3. The second-order valence-corrected chi connectivity index (χ2v) is 4.92. The number of likely N-dealkylation sites (tertiary alicyclic amines) is 1. The lowest BCUT2D eigenvalue weighted by molar-refractivity contribution is 0.341. The van der Waals surface area contributed by atoms with Gasteiger partial charge in [-0.15, -0.1) is 0 Å². The predicted octanol–water partition coefficient (Wildman–Crippen LogP) is 1.32. The maximum atomic E-state index is 3.77. The maximum absolute atomic E-state index is 3.77. The molecule has 1 aliphatic heterocycles. The molecule has 0 bridgehead atoms. The van der Waals surface area contributed by atoms with Gasteiger partial charge in [-0.3, -0.25) is 0 Å². The molecule has 1 heterocycles. The Kier molecular flexibility index (Phi) is 2.61. The van der Waals surface area contributed by atoms with Crippen molar-refractivity contribution in [1.82, 2.24) is 10.2 Å². The van der Waals surface area contributed by atoms with Gasteiger partial charge in [-0.2, -0.15) is 0 Å². The van der Waals surface area contributed by atoms with Gasteiger partial charge in [0.2, 0.25) is 0 Å². The molecule has 0 radical (unpaired) electrons. The van der Waals surface area contributed by atoms with Crippen LogP contribution in [0.15, 0.2) is 0 Å². The van der Waals surface area contributed by atoms with E-state index in [2.05, 4.69) is 31.0 Å². The SMILES string of the molecule is CCN1CC(C)C(NC2CC2C)C1. The van der Waals surface area contributed by atoms with Gasteiger partial charge in [-0.1, -0.05) is 20.8 Å². The lowest BCUT2D eigenvalue weighted by Crippen LogP contribution is -2.37. The summed E-state index contributed by atoms with van der Waals surface area (Å²) in [5.41, 5.74) is 0. The Balaban J connectivity index is 1.79. The fourth-order valence-electron chi connectivity index (χ4n) is 2.37. The summed E-state index contributed by atoms with van der Waals surface area (Å²) in [6.45, 7) is 10.7. The molecule has 1 N–H and O–H groups in total. The van der Waals surface area contributed by atoms with Gasteiger partial charge in [0.25, 0.3) is 0 Å². The zero-order valence-electron chi connectivity index (χ0n) is 9.09. The largest absolute Gasteiger partial charge is 0.309 e. The van der Waals surface area contributed by atoms with E-state index in [9.17, 15) is 0 Å². The molecule has 0 amide bonds. The van der Waals surface area contributed by atoms with E-state index in [1.807, 2.05) is 0 Å². The Morgan fingerprint density at radius 1 is 1.15 bits per heavy atom. The summed E-state index contributed by atoms with van der Waals surface area (Å²) in [6, 6.07) is 1.60. The first-order chi connectivity index (χ1) is 6.20. The molecule has 76 valence electrons. The lowest BCUT2D eigenvalue weighted by atomic mass is 10.1. The summed E-state index contributed by atoms with van der Waals surface area (Å²) in [5, 5.41) is 3.77. The molecule has 2 heteroatoms. The number of hydrogen-bond acceptors (Lipinski definition) is 2. The molecule has 4 atom stereocenters. The molecule has 4 unspecified atom stereocenters. The van der Waals surface area contributed by atoms with Crippen LogP contribution >= 0.6 is 0 Å². The van der Waals surface area contributed by atoms with Crippen LogP contribution in [0.2, 0.25) is 0 Å². The van der Waals surface area contributed by atoms with E-state index in [4.69, 9.17) is 0 Å². The van der Waals surface area contributed by atoms with Gasteiger partial charge in [0.1, 0.15) is 0 Å². The quantitative estimate of drug-likeness (QED) is 0.708. The Morgan fingerprint density at radius 3 is 2.31 bits per heavy atom. The van der Waals surface area contributed by atoms with E-state index in [-0.39, 0.29) is 0 Å². The van der Waals surface area contributed by atoms with Crippen molar-refractivity contribution < 1.29 is 0 Å². The molecule has 1 saturated carbocycles. The van der Waals surface area contributed by atoms with Crippen molar-refractivity contribution in [1.29, 1.82) is 0 Å². The summed E-state index contributed by atoms with van der Waals surface area (Å²) in [7, 11) is 0. The topological polar surface area (TPSA) is 15.3 Å². The fourth-order valence-corrected chi connectivity index (χ4v) is 2.37. The Labute approximate surface area is 81.7 Å². The first-order valence-corrected chi connectivity index (χ1v) is 5.69. The lowest BCUT2D eigenvalue weighted by Gasteiger charge is -2.16. The molecule has 2 aliphatic rings. The molecule has 0 aromatic carbocycles. The van der Waals surface area contributed by atoms with Gasteiger partial charge in [0.15, 0.2) is 0 Å². The van der Waals surface area contributed by atoms with Crippen molar-refractivity contribution >= 4 is 0 Å². The molecular weight excluding hydrogens is 160 g/mol. The molecule has 0 aromatic heterocycles. The van der Waals surface area contributed by atoms with Crippen molar-refractivity contribution in [3.8, 4) is 0 Å². The van der Waals surface area contributed by atoms with Crippen molar-refractivity contribution in [3.05, 3.63) is 0 Å². The van der Waals surface area contributed by atoms with E-state index in [1.165, 1.54) is 26.1 Å². The standard InChI is InChI=1S/C11H22N2/c1-4-13-6-9(3)11(7-13)12-10-5-8(10)2/h8-12H,4-7H2,1-3H3. The van der Waals surface area contributed by atoms with E-state index in [0.717, 1.165) is 23.9 Å². The number of hydrogen-bond donors (Lipinski definition) is 1. The highest BCUT2D eigenvalue weighted by molar-refractivity contribution is 4.96. The molecule has 13 heavy (non-hydrogen) atoms. The second-order valence-electron chi connectivity index (χ2n) is 4.92. The molecule has 0 spiro atoms. The Hall–Kier alpha value is -0.0800. The van der Waals surface area contributed by atoms with Crippen molar-refractivity contribution in [2.75, 3.05) is 19.6 Å². The normalized spacial score (nSPS) is 45.5. The Bertz CT molecular complexity index is 181. The molecule has 1 aliphatic carbocycles. The van der Waals surface area contributed by atoms with Gasteiger partial charge in [0.05, 0.1) is 0 Å². The molecule has 1 saturated heterocycles. The van der Waals surface area contributed by atoms with E-state index < -0.39 is 0 Å². The first-order valence-electron chi connectivity index (χ1n) is 5.69. The monoisotopic (exact) mass is 182 g/mol. The highest BCUT2D eigenvalue weighted by Crippen LogP contribution is 2.31. The van der Waals surface area contributed by atoms with Gasteiger partial charge < -0.3 is 10.2 Å². The average molecular weight is 182 g/mol. The first kappa shape index (κ1) is 9.47. The Morgan fingerprint density at radius 2 is 1.85 bits per heavy atom. The van der Waals surface area contributed by atoms with Crippen molar-refractivity contribution in [2.45, 2.75) is 39.3 Å². The number of likely N-dealkylation sites (N-methyl/N-ethyl adjacent to an activating group) is 1. The minimum Gasteiger partial charge on any atom is -0.309 e. The third-order valence-corrected chi connectivity index (χ3v) is 3.67. The van der Waals surface area contributed by atoms with Crippen molar-refractivity contribution in [2.24, 2.45) is 11.8 Å². The fraction of sp³-hybridized carbons (Fsp3) is 1.00. The van der Waals surface area contributed by atoms with E-state index in [0.29, 0.717) is 0 Å². The van der Waals surface area contributed by atoms with Crippen LogP contribution < -0.4 is 5.32 Å². The zero-order chi connectivity index (χ0) is 9.42. The van der Waals surface area contributed by atoms with Crippen LogP contribution in [0.5, 0.6) is 0 Å². The summed E-state index contributed by atoms with van der Waals surface area (Å²) >= 11 is 0. The summed E-state index contributed by atoms with van der Waals surface area (Å²) < 4.78 is 0. The number of nitrogens with zero attached hydrogens (tertiary/aromatic N) is 1. The molecular formula is C11H22N2. The summed E-state index contributed by atoms with van der Waals surface area (Å²) in [6.07, 6.45) is 1.40. The third-order valence-electron chi connectivity index (χ3n) is 3.67. The van der Waals surface area contributed by atoms with Crippen molar-refractivity contribution in [3.63, 3.8) is 0 Å². The minimum atomic E-state index is 0.759. The average Bonchev–Trinajstić information content (AvgIpc) is 2.65. The van der Waals surface area contributed by atoms with Gasteiger partial charge in [-0.25, -0.2) is 0 Å². The van der Waals surface area contributed by atoms with E-state index in [1.54, 1.807) is 0 Å². The van der Waals surface area contributed by atoms with Gasteiger partial charge in [0, 0.05) is 25.2 Å². The smallest absolute Gasteiger partial charge is 0.0235 e. The molecule has 2 rings (SSSR count). The molecule has 0 aromatic rings. The third kappa shape index (κ3) is 2.05. The van der Waals surface area contributed by atoms with Crippen LogP contribution in [0.4, 0.5) is 0 Å². The highest BCUT2D eigenvalue weighted by atomic mass is 15.2. The van der Waals surface area contributed by atoms with Crippen LogP contribution in [0.1, 0.15) is 27.2 Å². The summed E-state index contributed by atoms with van der Waals surface area (Å²) in [4.78, 5) is 2.55. The number of nitrogens with one attached hydrogen (secondary N) is 1. The van der Waals surface area contributed by atoms with Crippen LogP contribution in [0.25, 0.3) is 0 Å². The van der Waals surface area contributed by atoms with Crippen LogP contribution in [0.3, 0.4) is 0 Å². The second kappa shape index (κ2) is 3.58. The van der Waals surface area contributed by atoms with Crippen LogP contribution in [-0.2, 0) is 0 Å². The predicted molar refractivity (Wildman–Crippen MR) is 55.8 cm³/mol. The van der Waals surface area contributed by atoms with Gasteiger partial charge in [-0.05, 0) is 24.8 Å². The zero-order valence-corrected chi connectivity index (χ0v) is 9.09. The van der Waals surface area contributed by atoms with Crippen LogP contribution in [0, 0.1) is 11.8 Å². The molecule has 2 fully saturated rings. The summed E-state index contributed by atoms with van der Waals surface area (Å²) in [5.74, 6) is 1.77. The van der Waals surface area contributed by atoms with Crippen LogP contribution in [-0.4, -0.2) is 36.6 Å². The van der Waals surface area contributed by atoms with E-state index >= 15 is 0 Å². The highest BCUT2D eigenvalue weighted by Gasteiger charge is 2.37. The molecule has 2 nitrogen and oxygen atoms in total. The maximum Gasteiger partial charge on any atom is 0.0235 e.